The maximum atomic E-state index is 15.0. The lowest BCUT2D eigenvalue weighted by Crippen LogP contribution is -2.49. The molecule has 2 aliphatic heterocycles. The minimum atomic E-state index is -0.305. The zero-order valence-corrected chi connectivity index (χ0v) is 27.3. The number of fused-ring (bicyclic) bond motifs is 1. The Morgan fingerprint density at radius 1 is 0.681 bits per heavy atom. The molecule has 5 aromatic rings. The summed E-state index contributed by atoms with van der Waals surface area (Å²) in [4.78, 5) is 21.8. The molecule has 8 heteroatoms. The number of benzene rings is 4. The molecule has 0 spiro atoms. The second-order valence-corrected chi connectivity index (χ2v) is 13.1. The molecular weight excluding hydrogens is 608 g/mol. The van der Waals surface area contributed by atoms with Gasteiger partial charge in [0.1, 0.15) is 17.2 Å². The first-order valence-corrected chi connectivity index (χ1v) is 17.1. The van der Waals surface area contributed by atoms with Crippen molar-refractivity contribution in [1.29, 1.82) is 0 Å². The predicted molar refractivity (Wildman–Crippen MR) is 189 cm³/mol. The molecule has 2 N–H and O–H groups in total. The molecule has 3 heterocycles. The molecule has 0 unspecified atom stereocenters. The summed E-state index contributed by atoms with van der Waals surface area (Å²) >= 11 is 6.55. The van der Waals surface area contributed by atoms with E-state index in [1.54, 1.807) is 24.3 Å². The zero-order chi connectivity index (χ0) is 32.3. The van der Waals surface area contributed by atoms with Gasteiger partial charge in [-0.1, -0.05) is 72.6 Å². The number of phenolic OH excluding ortho intramolecular Hbond substituents is 2. The summed E-state index contributed by atoms with van der Waals surface area (Å²) < 4.78 is 2.26. The molecule has 0 radical (unpaired) electrons. The summed E-state index contributed by atoms with van der Waals surface area (Å²) in [7, 11) is 0. The smallest absolute Gasteiger partial charge is 0.270 e. The first-order valence-electron chi connectivity index (χ1n) is 16.7. The van der Waals surface area contributed by atoms with Gasteiger partial charge in [0.25, 0.3) is 5.91 Å². The highest BCUT2D eigenvalue weighted by Gasteiger charge is 2.34. The van der Waals surface area contributed by atoms with Crippen LogP contribution in [0.25, 0.3) is 10.9 Å². The Morgan fingerprint density at radius 2 is 1.28 bits per heavy atom. The number of carbonyl (C=O) groups excluding carboxylic acids is 1. The second kappa shape index (κ2) is 13.7. The van der Waals surface area contributed by atoms with Crippen molar-refractivity contribution in [3.63, 3.8) is 0 Å². The lowest BCUT2D eigenvalue weighted by Gasteiger charge is -2.37. The van der Waals surface area contributed by atoms with Gasteiger partial charge in [0.15, 0.2) is 0 Å². The van der Waals surface area contributed by atoms with E-state index in [2.05, 4.69) is 32.6 Å². The minimum Gasteiger partial charge on any atom is -0.508 e. The van der Waals surface area contributed by atoms with Gasteiger partial charge in [-0.25, -0.2) is 0 Å². The quantitative estimate of drug-likeness (QED) is 0.184. The highest BCUT2D eigenvalue weighted by atomic mass is 35.5. The monoisotopic (exact) mass is 648 g/mol. The van der Waals surface area contributed by atoms with Gasteiger partial charge in [-0.2, -0.15) is 0 Å². The van der Waals surface area contributed by atoms with E-state index in [0.29, 0.717) is 38.4 Å². The van der Waals surface area contributed by atoms with Crippen molar-refractivity contribution in [2.45, 2.75) is 31.7 Å². The van der Waals surface area contributed by atoms with Gasteiger partial charge in [0.05, 0.1) is 10.7 Å². The lowest BCUT2D eigenvalue weighted by atomic mass is 9.83. The molecule has 1 amide bonds. The molecule has 7 rings (SSSR count). The van der Waals surface area contributed by atoms with E-state index < -0.39 is 0 Å². The van der Waals surface area contributed by atoms with E-state index in [1.165, 1.54) is 19.3 Å². The van der Waals surface area contributed by atoms with Crippen molar-refractivity contribution in [1.82, 2.24) is 14.4 Å². The van der Waals surface area contributed by atoms with Gasteiger partial charge < -0.3 is 29.5 Å². The molecule has 0 atom stereocenters. The van der Waals surface area contributed by atoms with Crippen LogP contribution in [0.5, 0.6) is 11.5 Å². The summed E-state index contributed by atoms with van der Waals surface area (Å²) in [5.41, 5.74) is 5.63. The Labute approximate surface area is 281 Å². The number of piperazine rings is 1. The van der Waals surface area contributed by atoms with Crippen molar-refractivity contribution in [3.8, 4) is 11.5 Å². The van der Waals surface area contributed by atoms with Crippen molar-refractivity contribution in [2.24, 2.45) is 0 Å². The third-order valence-electron chi connectivity index (χ3n) is 9.80. The maximum absolute atomic E-state index is 15.0. The maximum Gasteiger partial charge on any atom is 0.270 e. The van der Waals surface area contributed by atoms with Gasteiger partial charge in [0, 0.05) is 61.7 Å². The third kappa shape index (κ3) is 6.42. The highest BCUT2D eigenvalue weighted by Crippen LogP contribution is 2.41. The number of nitrogens with zero attached hydrogens (tertiary/aromatic N) is 4. The second-order valence-electron chi connectivity index (χ2n) is 12.7. The number of phenols is 2. The number of carbonyl (C=O) groups is 1. The number of para-hydroxylation sites is 2. The SMILES string of the molecule is O=C(c1c(C(c2ccc(O)cc2)c2ccc(O)cc2)c2ccccc2n1CCN1CCCCC1)N1CCN(c2ccccc2Cl)CC1. The number of amides is 1. The number of anilines is 1. The fourth-order valence-corrected chi connectivity index (χ4v) is 7.63. The zero-order valence-electron chi connectivity index (χ0n) is 26.6. The average Bonchev–Trinajstić information content (AvgIpc) is 3.43. The van der Waals surface area contributed by atoms with Gasteiger partial charge in [-0.05, 0) is 79.5 Å². The average molecular weight is 649 g/mol. The fraction of sp³-hybridized carbons (Fsp3) is 0.308. The van der Waals surface area contributed by atoms with Crippen LogP contribution < -0.4 is 4.90 Å². The molecule has 242 valence electrons. The third-order valence-corrected chi connectivity index (χ3v) is 10.1. The van der Waals surface area contributed by atoms with Crippen LogP contribution in [0, 0.1) is 0 Å². The van der Waals surface area contributed by atoms with Crippen LogP contribution in [-0.2, 0) is 6.54 Å². The van der Waals surface area contributed by atoms with Crippen LogP contribution >= 0.6 is 11.6 Å². The summed E-state index contributed by atoms with van der Waals surface area (Å²) in [6, 6.07) is 30.8. The van der Waals surface area contributed by atoms with Crippen molar-refractivity contribution in [3.05, 3.63) is 124 Å². The Bertz CT molecular complexity index is 1790. The van der Waals surface area contributed by atoms with E-state index in [1.807, 2.05) is 59.5 Å². The van der Waals surface area contributed by atoms with Gasteiger partial charge in [-0.15, -0.1) is 0 Å². The van der Waals surface area contributed by atoms with Crippen LogP contribution in [-0.4, -0.2) is 76.3 Å². The number of halogens is 1. The first-order chi connectivity index (χ1) is 23.0. The topological polar surface area (TPSA) is 72.2 Å². The number of likely N-dealkylation sites (tertiary alicyclic amines) is 1. The molecule has 2 aliphatic rings. The van der Waals surface area contributed by atoms with Crippen molar-refractivity contribution in [2.75, 3.05) is 50.7 Å². The summed E-state index contributed by atoms with van der Waals surface area (Å²) in [6.07, 6.45) is 3.70. The Morgan fingerprint density at radius 3 is 1.91 bits per heavy atom. The standard InChI is InChI=1S/C39H41ClN4O3/c40-33-9-3-5-11-35(33)42-23-25-43(26-24-42)39(47)38-37(36(28-12-16-30(45)17-13-28)29-14-18-31(46)19-15-29)32-8-2-4-10-34(32)44(38)27-22-41-20-6-1-7-21-41/h2-5,8-19,36,45-46H,1,6-7,20-27H2. The number of aromatic nitrogens is 1. The molecule has 2 saturated heterocycles. The van der Waals surface area contributed by atoms with E-state index >= 15 is 4.79 Å². The number of rotatable bonds is 8. The minimum absolute atomic E-state index is 0.0243. The molecule has 47 heavy (non-hydrogen) atoms. The molecule has 0 saturated carbocycles. The van der Waals surface area contributed by atoms with Gasteiger partial charge in [0.2, 0.25) is 0 Å². The van der Waals surface area contributed by atoms with E-state index in [-0.39, 0.29) is 23.3 Å². The molecule has 0 aliphatic carbocycles. The van der Waals surface area contributed by atoms with Crippen LogP contribution in [0.4, 0.5) is 5.69 Å². The molecule has 4 aromatic carbocycles. The summed E-state index contributed by atoms with van der Waals surface area (Å²) in [5.74, 6) is 0.0987. The van der Waals surface area contributed by atoms with E-state index in [0.717, 1.165) is 57.9 Å². The van der Waals surface area contributed by atoms with Crippen LogP contribution in [0.15, 0.2) is 97.1 Å². The van der Waals surface area contributed by atoms with Crippen LogP contribution in [0.2, 0.25) is 5.02 Å². The molecule has 0 bridgehead atoms. The Balaban J connectivity index is 1.34. The first kappa shape index (κ1) is 31.2. The van der Waals surface area contributed by atoms with Crippen LogP contribution in [0.1, 0.15) is 52.4 Å². The highest BCUT2D eigenvalue weighted by molar-refractivity contribution is 6.33. The number of aromatic hydroxyl groups is 2. The predicted octanol–water partition coefficient (Wildman–Crippen LogP) is 7.33. The number of piperidine rings is 1. The lowest BCUT2D eigenvalue weighted by molar-refractivity contribution is 0.0734. The molecule has 7 nitrogen and oxygen atoms in total. The largest absolute Gasteiger partial charge is 0.508 e. The van der Waals surface area contributed by atoms with Gasteiger partial charge in [-0.3, -0.25) is 4.79 Å². The van der Waals surface area contributed by atoms with Crippen LogP contribution in [0.3, 0.4) is 0 Å². The Kier molecular flexibility index (Phi) is 9.09. The normalized spacial score (nSPS) is 15.9. The summed E-state index contributed by atoms with van der Waals surface area (Å²) in [6.45, 7) is 6.31. The fourth-order valence-electron chi connectivity index (χ4n) is 7.38. The van der Waals surface area contributed by atoms with E-state index in [4.69, 9.17) is 11.6 Å². The number of hydrogen-bond acceptors (Lipinski definition) is 5. The molecular formula is C39H41ClN4O3. The summed E-state index contributed by atoms with van der Waals surface area (Å²) in [5, 5.41) is 22.2. The number of hydrogen-bond donors (Lipinski definition) is 2. The van der Waals surface area contributed by atoms with E-state index in [9.17, 15) is 10.2 Å². The van der Waals surface area contributed by atoms with Gasteiger partial charge >= 0.3 is 0 Å². The molecule has 2 fully saturated rings. The van der Waals surface area contributed by atoms with Crippen molar-refractivity contribution < 1.29 is 15.0 Å². The Hall–Kier alpha value is -4.46. The molecule has 1 aromatic heterocycles. The van der Waals surface area contributed by atoms with Crippen molar-refractivity contribution >= 4 is 34.1 Å².